The molecule has 1 heterocycles. The average Bonchev–Trinajstić information content (AvgIpc) is 3.07. The van der Waals surface area contributed by atoms with E-state index in [1.54, 1.807) is 26.4 Å². The first-order valence-electron chi connectivity index (χ1n) is 11.5. The van der Waals surface area contributed by atoms with Crippen molar-refractivity contribution >= 4 is 17.6 Å². The van der Waals surface area contributed by atoms with Crippen LogP contribution >= 0.6 is 0 Å². The van der Waals surface area contributed by atoms with E-state index in [0.717, 1.165) is 22.5 Å². The van der Waals surface area contributed by atoms with Crippen molar-refractivity contribution in [2.45, 2.75) is 46.6 Å². The number of ether oxygens (including phenoxy) is 2. The fraction of sp³-hybridized carbons (Fsp3) is 0.370. The van der Waals surface area contributed by atoms with Crippen molar-refractivity contribution in [3.63, 3.8) is 0 Å². The van der Waals surface area contributed by atoms with E-state index in [2.05, 4.69) is 36.5 Å². The van der Waals surface area contributed by atoms with Crippen LogP contribution in [0.15, 0.2) is 47.5 Å². The molecule has 0 aliphatic rings. The standard InChI is InChI=1S/C27H35N5O3/c1-17-22(18(2)32(6)31-17)16-28-26(29-21-13-14-23(34-7)24(15-21)35-8)30-25(33)19-9-11-20(12-10-19)27(3,4)5/h9-15H,16H2,1-8H3,(H2,28,29,30,33). The van der Waals surface area contributed by atoms with Crippen LogP contribution in [0.2, 0.25) is 0 Å². The van der Waals surface area contributed by atoms with E-state index in [9.17, 15) is 4.79 Å². The highest BCUT2D eigenvalue weighted by Crippen LogP contribution is 2.29. The molecular weight excluding hydrogens is 442 g/mol. The molecule has 0 saturated carbocycles. The lowest BCUT2D eigenvalue weighted by Gasteiger charge is -2.19. The number of amides is 1. The largest absolute Gasteiger partial charge is 0.493 e. The van der Waals surface area contributed by atoms with E-state index in [1.807, 2.05) is 55.9 Å². The molecular formula is C27H35N5O3. The summed E-state index contributed by atoms with van der Waals surface area (Å²) in [6, 6.07) is 13.0. The van der Waals surface area contributed by atoms with Gasteiger partial charge in [-0.2, -0.15) is 5.10 Å². The highest BCUT2D eigenvalue weighted by molar-refractivity contribution is 6.10. The number of hydrogen-bond acceptors (Lipinski definition) is 5. The monoisotopic (exact) mass is 477 g/mol. The van der Waals surface area contributed by atoms with E-state index >= 15 is 0 Å². The second-order valence-electron chi connectivity index (χ2n) is 9.41. The molecule has 1 aromatic heterocycles. The molecule has 2 N–H and O–H groups in total. The first-order chi connectivity index (χ1) is 16.5. The maximum Gasteiger partial charge on any atom is 0.257 e. The SMILES string of the molecule is COc1ccc(NC(=NCc2c(C)nn(C)c2C)NC(=O)c2ccc(C(C)(C)C)cc2)cc1OC. The number of carbonyl (C=O) groups excluding carboxylic acids is 1. The quantitative estimate of drug-likeness (QED) is 0.395. The summed E-state index contributed by atoms with van der Waals surface area (Å²) in [5.74, 6) is 1.25. The zero-order valence-electron chi connectivity index (χ0n) is 21.8. The Morgan fingerprint density at radius 1 is 1.03 bits per heavy atom. The Kier molecular flexibility index (Phi) is 7.84. The minimum atomic E-state index is -0.253. The zero-order valence-corrected chi connectivity index (χ0v) is 21.8. The number of benzene rings is 2. The predicted molar refractivity (Wildman–Crippen MR) is 140 cm³/mol. The lowest BCUT2D eigenvalue weighted by Crippen LogP contribution is -2.36. The van der Waals surface area contributed by atoms with Crippen LogP contribution < -0.4 is 20.1 Å². The third-order valence-corrected chi connectivity index (χ3v) is 5.95. The highest BCUT2D eigenvalue weighted by Gasteiger charge is 2.16. The van der Waals surface area contributed by atoms with Crippen LogP contribution in [0.4, 0.5) is 5.69 Å². The molecule has 0 radical (unpaired) electrons. The summed E-state index contributed by atoms with van der Waals surface area (Å²) in [5, 5.41) is 10.6. The van der Waals surface area contributed by atoms with Gasteiger partial charge in [-0.15, -0.1) is 0 Å². The van der Waals surface area contributed by atoms with Gasteiger partial charge in [0.2, 0.25) is 5.96 Å². The smallest absolute Gasteiger partial charge is 0.257 e. The number of aryl methyl sites for hydroxylation is 2. The number of anilines is 1. The molecule has 3 aromatic rings. The molecule has 3 rings (SSSR count). The molecule has 0 fully saturated rings. The molecule has 186 valence electrons. The van der Waals surface area contributed by atoms with Crippen LogP contribution in [-0.2, 0) is 19.0 Å². The second kappa shape index (κ2) is 10.6. The van der Waals surface area contributed by atoms with Crippen molar-refractivity contribution in [2.24, 2.45) is 12.0 Å². The lowest BCUT2D eigenvalue weighted by atomic mass is 9.87. The Labute approximate surface area is 207 Å². The fourth-order valence-electron chi connectivity index (χ4n) is 3.67. The normalized spacial score (nSPS) is 11.8. The van der Waals surface area contributed by atoms with Crippen LogP contribution in [0.1, 0.15) is 53.6 Å². The molecule has 0 saturated heterocycles. The van der Waals surface area contributed by atoms with Crippen LogP contribution in [0.5, 0.6) is 11.5 Å². The minimum absolute atomic E-state index is 0.00996. The average molecular weight is 478 g/mol. The van der Waals surface area contributed by atoms with E-state index < -0.39 is 0 Å². The number of aliphatic imine (C=N–C) groups is 1. The molecule has 0 aliphatic carbocycles. The van der Waals surface area contributed by atoms with E-state index in [-0.39, 0.29) is 11.3 Å². The predicted octanol–water partition coefficient (Wildman–Crippen LogP) is 4.75. The molecule has 0 unspecified atom stereocenters. The number of hydrogen-bond donors (Lipinski definition) is 2. The van der Waals surface area contributed by atoms with Gasteiger partial charge >= 0.3 is 0 Å². The van der Waals surface area contributed by atoms with Crippen LogP contribution in [0.3, 0.4) is 0 Å². The summed E-state index contributed by atoms with van der Waals surface area (Å²) < 4.78 is 12.6. The van der Waals surface area contributed by atoms with Gasteiger partial charge in [-0.25, -0.2) is 4.99 Å². The van der Waals surface area contributed by atoms with E-state index in [0.29, 0.717) is 35.3 Å². The Balaban J connectivity index is 1.89. The van der Waals surface area contributed by atoms with Gasteiger partial charge in [0.1, 0.15) is 0 Å². The number of nitrogens with zero attached hydrogens (tertiary/aromatic N) is 3. The van der Waals surface area contributed by atoms with Gasteiger partial charge in [-0.3, -0.25) is 14.8 Å². The van der Waals surface area contributed by atoms with E-state index in [4.69, 9.17) is 14.5 Å². The molecule has 1 amide bonds. The Bertz CT molecular complexity index is 1220. The third-order valence-electron chi connectivity index (χ3n) is 5.95. The Morgan fingerprint density at radius 3 is 2.23 bits per heavy atom. The van der Waals surface area contributed by atoms with Crippen LogP contribution in [0.25, 0.3) is 0 Å². The van der Waals surface area contributed by atoms with Crippen molar-refractivity contribution < 1.29 is 14.3 Å². The number of carbonyl (C=O) groups is 1. The topological polar surface area (TPSA) is 89.8 Å². The maximum atomic E-state index is 13.1. The summed E-state index contributed by atoms with van der Waals surface area (Å²) >= 11 is 0. The van der Waals surface area contributed by atoms with Gasteiger partial charge < -0.3 is 14.8 Å². The van der Waals surface area contributed by atoms with Gasteiger partial charge in [0.05, 0.1) is 26.5 Å². The van der Waals surface area contributed by atoms with Gasteiger partial charge in [0.15, 0.2) is 11.5 Å². The van der Waals surface area contributed by atoms with Gasteiger partial charge in [0.25, 0.3) is 5.91 Å². The maximum absolute atomic E-state index is 13.1. The third kappa shape index (κ3) is 6.20. The number of methoxy groups -OCH3 is 2. The Morgan fingerprint density at radius 2 is 1.69 bits per heavy atom. The van der Waals surface area contributed by atoms with Gasteiger partial charge in [-0.05, 0) is 49.1 Å². The summed E-state index contributed by atoms with van der Waals surface area (Å²) in [4.78, 5) is 17.8. The highest BCUT2D eigenvalue weighted by atomic mass is 16.5. The molecule has 0 spiro atoms. The van der Waals surface area contributed by atoms with Crippen molar-refractivity contribution in [3.8, 4) is 11.5 Å². The van der Waals surface area contributed by atoms with Crippen molar-refractivity contribution in [1.82, 2.24) is 15.1 Å². The molecule has 8 heteroatoms. The first-order valence-corrected chi connectivity index (χ1v) is 11.5. The molecule has 2 aromatic carbocycles. The molecule has 0 aliphatic heterocycles. The number of guanidine groups is 1. The fourth-order valence-corrected chi connectivity index (χ4v) is 3.67. The lowest BCUT2D eigenvalue weighted by molar-refractivity contribution is 0.0977. The van der Waals surface area contributed by atoms with Crippen LogP contribution in [-0.4, -0.2) is 35.9 Å². The second-order valence-corrected chi connectivity index (χ2v) is 9.41. The number of aromatic nitrogens is 2. The van der Waals surface area contributed by atoms with Crippen LogP contribution in [0, 0.1) is 13.8 Å². The summed E-state index contributed by atoms with van der Waals surface area (Å²) in [6.07, 6.45) is 0. The molecule has 35 heavy (non-hydrogen) atoms. The van der Waals surface area contributed by atoms with Crippen molar-refractivity contribution in [3.05, 3.63) is 70.5 Å². The molecule has 8 nitrogen and oxygen atoms in total. The van der Waals surface area contributed by atoms with Gasteiger partial charge in [-0.1, -0.05) is 32.9 Å². The minimum Gasteiger partial charge on any atom is -0.493 e. The zero-order chi connectivity index (χ0) is 25.8. The summed E-state index contributed by atoms with van der Waals surface area (Å²) in [5.41, 5.74) is 5.37. The number of rotatable bonds is 6. The van der Waals surface area contributed by atoms with Crippen molar-refractivity contribution in [1.29, 1.82) is 0 Å². The first kappa shape index (κ1) is 25.8. The number of nitrogens with one attached hydrogen (secondary N) is 2. The Hall–Kier alpha value is -3.81. The molecule has 0 bridgehead atoms. The van der Waals surface area contributed by atoms with Crippen molar-refractivity contribution in [2.75, 3.05) is 19.5 Å². The summed E-state index contributed by atoms with van der Waals surface area (Å²) in [7, 11) is 5.07. The van der Waals surface area contributed by atoms with E-state index in [1.165, 1.54) is 0 Å². The summed E-state index contributed by atoms with van der Waals surface area (Å²) in [6.45, 7) is 10.7. The van der Waals surface area contributed by atoms with Gasteiger partial charge in [0, 0.05) is 35.6 Å². The molecule has 0 atom stereocenters.